The molecule has 0 aromatic heterocycles. The molecule has 0 aromatic rings. The average Bonchev–Trinajstić information content (AvgIpc) is 2.51. The van der Waals surface area contributed by atoms with Gasteiger partial charge in [-0.3, -0.25) is 0 Å². The first-order valence-electron chi connectivity index (χ1n) is 9.79. The van der Waals surface area contributed by atoms with Gasteiger partial charge >= 0.3 is 0 Å². The Morgan fingerprint density at radius 3 is 1.27 bits per heavy atom. The number of hydrogen-bond donors (Lipinski definition) is 2. The molecule has 0 saturated heterocycles. The first kappa shape index (κ1) is 24.1. The fraction of sp³-hybridized carbons (Fsp3) is 1.00. The molecule has 0 aromatic carbocycles. The van der Waals surface area contributed by atoms with Crippen LogP contribution in [-0.2, 0) is 0 Å². The van der Waals surface area contributed by atoms with Crippen LogP contribution in [0.3, 0.4) is 0 Å². The molecule has 3 nitrogen and oxygen atoms in total. The van der Waals surface area contributed by atoms with Gasteiger partial charge in [0.05, 0.1) is 0 Å². The fourth-order valence-corrected chi connectivity index (χ4v) is 2.37. The van der Waals surface area contributed by atoms with Crippen molar-refractivity contribution in [3.05, 3.63) is 0 Å². The second-order valence-electron chi connectivity index (χ2n) is 6.41. The topological polar surface area (TPSA) is 49.5 Å². The van der Waals surface area contributed by atoms with Gasteiger partial charge < -0.3 is 10.9 Å². The summed E-state index contributed by atoms with van der Waals surface area (Å²) in [5.74, 6) is 0. The number of hydrogen-bond acceptors (Lipinski definition) is 3. The number of rotatable bonds is 15. The first-order valence-corrected chi connectivity index (χ1v) is 9.79. The Balaban J connectivity index is 0. The highest BCUT2D eigenvalue weighted by Gasteiger charge is 1.92. The van der Waals surface area contributed by atoms with E-state index in [2.05, 4.69) is 13.8 Å². The van der Waals surface area contributed by atoms with Crippen molar-refractivity contribution in [2.24, 2.45) is 5.73 Å². The van der Waals surface area contributed by atoms with Gasteiger partial charge in [0.25, 0.3) is 0 Å². The Hall–Kier alpha value is -0.120. The SMILES string of the molecule is CCCCCCCCCCCCCCN.CCCCN(C)O. The van der Waals surface area contributed by atoms with E-state index in [0.29, 0.717) is 0 Å². The maximum absolute atomic E-state index is 8.52. The highest BCUT2D eigenvalue weighted by molar-refractivity contribution is 4.48. The second-order valence-corrected chi connectivity index (χ2v) is 6.41. The largest absolute Gasteiger partial charge is 0.330 e. The van der Waals surface area contributed by atoms with E-state index in [1.165, 1.54) is 82.1 Å². The summed E-state index contributed by atoms with van der Waals surface area (Å²) in [4.78, 5) is 0. The van der Waals surface area contributed by atoms with Gasteiger partial charge in [0.2, 0.25) is 0 Å². The molecule has 0 bridgehead atoms. The number of nitrogens with two attached hydrogens (primary N) is 1. The third-order valence-corrected chi connectivity index (χ3v) is 3.89. The summed E-state index contributed by atoms with van der Waals surface area (Å²) in [6.07, 6.45) is 19.1. The van der Waals surface area contributed by atoms with E-state index in [9.17, 15) is 0 Å². The number of hydroxylamine groups is 2. The Morgan fingerprint density at radius 1 is 0.636 bits per heavy atom. The average molecular weight is 317 g/mol. The normalized spacial score (nSPS) is 10.6. The smallest absolute Gasteiger partial charge is 0.0234 e. The minimum Gasteiger partial charge on any atom is -0.330 e. The molecule has 3 N–H and O–H groups in total. The van der Waals surface area contributed by atoms with Crippen LogP contribution in [0.4, 0.5) is 0 Å². The van der Waals surface area contributed by atoms with Crippen LogP contribution in [0.25, 0.3) is 0 Å². The highest BCUT2D eigenvalue weighted by Crippen LogP contribution is 2.11. The fourth-order valence-electron chi connectivity index (χ4n) is 2.37. The predicted octanol–water partition coefficient (Wildman–Crippen LogP) is 5.75. The van der Waals surface area contributed by atoms with Crippen molar-refractivity contribution < 1.29 is 5.21 Å². The molecule has 0 aliphatic carbocycles. The third-order valence-electron chi connectivity index (χ3n) is 3.89. The number of unbranched alkanes of at least 4 members (excludes halogenated alkanes) is 12. The summed E-state index contributed by atoms with van der Waals surface area (Å²) >= 11 is 0. The van der Waals surface area contributed by atoms with Crippen LogP contribution in [0, 0.1) is 0 Å². The van der Waals surface area contributed by atoms with Gasteiger partial charge in [-0.2, -0.15) is 5.06 Å². The van der Waals surface area contributed by atoms with E-state index in [-0.39, 0.29) is 0 Å². The van der Waals surface area contributed by atoms with Gasteiger partial charge in [0.15, 0.2) is 0 Å². The Bertz CT molecular complexity index is 163. The summed E-state index contributed by atoms with van der Waals surface area (Å²) in [6, 6.07) is 0. The lowest BCUT2D eigenvalue weighted by Crippen LogP contribution is -2.13. The van der Waals surface area contributed by atoms with Gasteiger partial charge in [0.1, 0.15) is 0 Å². The van der Waals surface area contributed by atoms with Crippen LogP contribution >= 0.6 is 0 Å². The lowest BCUT2D eigenvalue weighted by molar-refractivity contribution is -0.0652. The summed E-state index contributed by atoms with van der Waals surface area (Å²) in [7, 11) is 1.66. The molecule has 0 unspecified atom stereocenters. The van der Waals surface area contributed by atoms with Gasteiger partial charge in [-0.25, -0.2) is 0 Å². The summed E-state index contributed by atoms with van der Waals surface area (Å²) in [6.45, 7) is 6.04. The molecule has 3 heteroatoms. The van der Waals surface area contributed by atoms with Crippen LogP contribution in [0.15, 0.2) is 0 Å². The number of nitrogens with zero attached hydrogens (tertiary/aromatic N) is 1. The molecule has 0 aliphatic heterocycles. The minimum atomic E-state index is 0.788. The van der Waals surface area contributed by atoms with E-state index < -0.39 is 0 Å². The van der Waals surface area contributed by atoms with E-state index in [1.807, 2.05) is 0 Å². The predicted molar refractivity (Wildman–Crippen MR) is 99.5 cm³/mol. The van der Waals surface area contributed by atoms with E-state index in [4.69, 9.17) is 10.9 Å². The van der Waals surface area contributed by atoms with Crippen LogP contribution in [0.5, 0.6) is 0 Å². The Labute approximate surface area is 140 Å². The second kappa shape index (κ2) is 23.2. The third kappa shape index (κ3) is 28.1. The first-order chi connectivity index (χ1) is 10.7. The van der Waals surface area contributed by atoms with E-state index in [1.54, 1.807) is 7.05 Å². The van der Waals surface area contributed by atoms with Crippen molar-refractivity contribution in [1.82, 2.24) is 5.06 Å². The molecular weight excluding hydrogens is 272 g/mol. The molecule has 0 spiro atoms. The lowest BCUT2D eigenvalue weighted by Gasteiger charge is -2.03. The Kier molecular flexibility index (Phi) is 25.4. The van der Waals surface area contributed by atoms with Crippen LogP contribution < -0.4 is 5.73 Å². The monoisotopic (exact) mass is 316 g/mol. The van der Waals surface area contributed by atoms with Crippen molar-refractivity contribution in [1.29, 1.82) is 0 Å². The van der Waals surface area contributed by atoms with Gasteiger partial charge in [-0.05, 0) is 19.4 Å². The quantitative estimate of drug-likeness (QED) is 0.298. The molecule has 0 saturated carbocycles. The molecule has 0 aliphatic rings. The van der Waals surface area contributed by atoms with Gasteiger partial charge in [0, 0.05) is 13.6 Å². The van der Waals surface area contributed by atoms with Gasteiger partial charge in [-0.1, -0.05) is 90.9 Å². The molecule has 0 atom stereocenters. The molecule has 0 amide bonds. The van der Waals surface area contributed by atoms with Crippen molar-refractivity contribution in [3.8, 4) is 0 Å². The van der Waals surface area contributed by atoms with E-state index in [0.717, 1.165) is 25.9 Å². The van der Waals surface area contributed by atoms with Gasteiger partial charge in [-0.15, -0.1) is 0 Å². The molecule has 0 heterocycles. The molecule has 0 rings (SSSR count). The molecule has 22 heavy (non-hydrogen) atoms. The zero-order chi connectivity index (χ0) is 16.9. The Morgan fingerprint density at radius 2 is 1.00 bits per heavy atom. The molecule has 136 valence electrons. The minimum absolute atomic E-state index is 0.788. The standard InChI is InChI=1S/C14H31N.C5H13NO/c1-2-3-4-5-6-7-8-9-10-11-12-13-14-15;1-3-4-5-6(2)7/h2-15H2,1H3;7H,3-5H2,1-2H3. The van der Waals surface area contributed by atoms with Crippen molar-refractivity contribution in [3.63, 3.8) is 0 Å². The lowest BCUT2D eigenvalue weighted by atomic mass is 10.1. The van der Waals surface area contributed by atoms with Crippen LogP contribution in [0.2, 0.25) is 0 Å². The zero-order valence-electron chi connectivity index (χ0n) is 15.8. The van der Waals surface area contributed by atoms with E-state index >= 15 is 0 Å². The summed E-state index contributed by atoms with van der Waals surface area (Å²) in [5.41, 5.74) is 5.45. The zero-order valence-corrected chi connectivity index (χ0v) is 15.8. The summed E-state index contributed by atoms with van der Waals surface area (Å²) in [5, 5.41) is 9.73. The molecule has 0 radical (unpaired) electrons. The molecular formula is C19H44N2O. The summed E-state index contributed by atoms with van der Waals surface area (Å²) < 4.78 is 0. The highest BCUT2D eigenvalue weighted by atomic mass is 16.5. The van der Waals surface area contributed by atoms with Crippen LogP contribution in [-0.4, -0.2) is 30.4 Å². The maximum atomic E-state index is 8.52. The maximum Gasteiger partial charge on any atom is 0.0234 e. The van der Waals surface area contributed by atoms with Crippen molar-refractivity contribution in [2.45, 2.75) is 104 Å². The van der Waals surface area contributed by atoms with Crippen molar-refractivity contribution >= 4 is 0 Å². The van der Waals surface area contributed by atoms with Crippen LogP contribution in [0.1, 0.15) is 104 Å². The molecule has 0 fully saturated rings. The van der Waals surface area contributed by atoms with Crippen molar-refractivity contribution in [2.75, 3.05) is 20.1 Å².